The van der Waals surface area contributed by atoms with Crippen molar-refractivity contribution < 1.29 is 0 Å². The number of aryl methyl sites for hydroxylation is 2. The first-order valence-electron chi connectivity index (χ1n) is 6.32. The van der Waals surface area contributed by atoms with E-state index in [0.717, 1.165) is 19.3 Å². The van der Waals surface area contributed by atoms with Crippen LogP contribution in [0.3, 0.4) is 0 Å². The van der Waals surface area contributed by atoms with Crippen molar-refractivity contribution in [1.29, 1.82) is 0 Å². The molecule has 96 valence electrons. The molecule has 1 heterocycles. The summed E-state index contributed by atoms with van der Waals surface area (Å²) in [7, 11) is 0. The summed E-state index contributed by atoms with van der Waals surface area (Å²) < 4.78 is 0. The van der Waals surface area contributed by atoms with Crippen LogP contribution in [0.1, 0.15) is 22.4 Å². The van der Waals surface area contributed by atoms with Gasteiger partial charge in [-0.3, -0.25) is 11.3 Å². The first kappa shape index (κ1) is 13.3. The summed E-state index contributed by atoms with van der Waals surface area (Å²) in [5.41, 5.74) is 5.58. The van der Waals surface area contributed by atoms with E-state index in [0.29, 0.717) is 6.04 Å². The van der Waals surface area contributed by atoms with Gasteiger partial charge in [-0.05, 0) is 43.2 Å². The Bertz CT molecular complexity index is 448. The Kier molecular flexibility index (Phi) is 4.93. The molecular formula is C15H20N2S. The highest BCUT2D eigenvalue weighted by molar-refractivity contribution is 7.09. The van der Waals surface area contributed by atoms with Crippen molar-refractivity contribution in [2.24, 2.45) is 5.84 Å². The molecule has 0 amide bonds. The summed E-state index contributed by atoms with van der Waals surface area (Å²) in [6.07, 6.45) is 3.16. The Morgan fingerprint density at radius 2 is 2.00 bits per heavy atom. The molecule has 0 aliphatic carbocycles. The molecule has 1 unspecified atom stereocenters. The van der Waals surface area contributed by atoms with Crippen LogP contribution in [-0.2, 0) is 12.8 Å². The molecular weight excluding hydrogens is 240 g/mol. The number of nitrogens with one attached hydrogen (secondary N) is 1. The topological polar surface area (TPSA) is 38.0 Å². The zero-order valence-electron chi connectivity index (χ0n) is 10.7. The third-order valence-corrected chi connectivity index (χ3v) is 4.09. The lowest BCUT2D eigenvalue weighted by atomic mass is 10.0. The Labute approximate surface area is 113 Å². The van der Waals surface area contributed by atoms with Crippen molar-refractivity contribution in [3.8, 4) is 0 Å². The van der Waals surface area contributed by atoms with E-state index < -0.39 is 0 Å². The lowest BCUT2D eigenvalue weighted by Crippen LogP contribution is -2.37. The molecule has 0 saturated heterocycles. The van der Waals surface area contributed by atoms with Crippen molar-refractivity contribution in [2.75, 3.05) is 0 Å². The zero-order valence-corrected chi connectivity index (χ0v) is 11.5. The van der Waals surface area contributed by atoms with Gasteiger partial charge >= 0.3 is 0 Å². The first-order valence-corrected chi connectivity index (χ1v) is 7.20. The number of hydrogen-bond acceptors (Lipinski definition) is 3. The minimum atomic E-state index is 0.342. The lowest BCUT2D eigenvalue weighted by molar-refractivity contribution is 0.493. The van der Waals surface area contributed by atoms with Gasteiger partial charge in [-0.25, -0.2) is 0 Å². The van der Waals surface area contributed by atoms with Crippen LogP contribution in [0.25, 0.3) is 0 Å². The second-order valence-corrected chi connectivity index (χ2v) is 5.70. The molecule has 1 aromatic carbocycles. The molecule has 3 N–H and O–H groups in total. The number of rotatable bonds is 6. The first-order chi connectivity index (χ1) is 8.78. The number of benzene rings is 1. The molecule has 1 atom stereocenters. The van der Waals surface area contributed by atoms with Crippen LogP contribution in [0.15, 0.2) is 41.8 Å². The Morgan fingerprint density at radius 1 is 1.22 bits per heavy atom. The van der Waals surface area contributed by atoms with Gasteiger partial charge in [0.15, 0.2) is 0 Å². The summed E-state index contributed by atoms with van der Waals surface area (Å²) >= 11 is 1.82. The molecule has 2 nitrogen and oxygen atoms in total. The molecule has 0 saturated carbocycles. The zero-order chi connectivity index (χ0) is 12.8. The van der Waals surface area contributed by atoms with E-state index in [-0.39, 0.29) is 0 Å². The maximum Gasteiger partial charge on any atom is 0.0254 e. The molecule has 18 heavy (non-hydrogen) atoms. The van der Waals surface area contributed by atoms with Gasteiger partial charge in [-0.1, -0.05) is 35.9 Å². The molecule has 0 radical (unpaired) electrons. The van der Waals surface area contributed by atoms with Crippen LogP contribution in [0.5, 0.6) is 0 Å². The van der Waals surface area contributed by atoms with Gasteiger partial charge in [0, 0.05) is 10.9 Å². The molecule has 1 aromatic heterocycles. The van der Waals surface area contributed by atoms with Crippen LogP contribution in [0.2, 0.25) is 0 Å². The average Bonchev–Trinajstić information content (AvgIpc) is 2.90. The van der Waals surface area contributed by atoms with Crippen molar-refractivity contribution in [3.63, 3.8) is 0 Å². The summed E-state index contributed by atoms with van der Waals surface area (Å²) in [6, 6.07) is 13.3. The smallest absolute Gasteiger partial charge is 0.0254 e. The van der Waals surface area contributed by atoms with Crippen LogP contribution in [0, 0.1) is 6.92 Å². The quantitative estimate of drug-likeness (QED) is 0.619. The summed E-state index contributed by atoms with van der Waals surface area (Å²) in [6.45, 7) is 2.11. The number of hydrogen-bond donors (Lipinski definition) is 2. The van der Waals surface area contributed by atoms with Gasteiger partial charge < -0.3 is 0 Å². The van der Waals surface area contributed by atoms with Crippen molar-refractivity contribution in [2.45, 2.75) is 32.2 Å². The molecule has 0 aliphatic rings. The van der Waals surface area contributed by atoms with Gasteiger partial charge in [-0.2, -0.15) is 0 Å². The molecule has 2 aromatic rings. The fourth-order valence-corrected chi connectivity index (χ4v) is 2.75. The third kappa shape index (κ3) is 3.95. The Morgan fingerprint density at radius 3 is 2.61 bits per heavy atom. The van der Waals surface area contributed by atoms with Gasteiger partial charge in [0.25, 0.3) is 0 Å². The van der Waals surface area contributed by atoms with Gasteiger partial charge in [-0.15, -0.1) is 11.3 Å². The minimum absolute atomic E-state index is 0.342. The number of hydrazine groups is 1. The van der Waals surface area contributed by atoms with E-state index in [1.807, 2.05) is 11.3 Å². The maximum atomic E-state index is 5.64. The van der Waals surface area contributed by atoms with E-state index in [2.05, 4.69) is 54.1 Å². The standard InChI is InChI=1S/C15H20N2S/c1-12-4-6-13(7-5-12)11-14(17-16)8-9-15-3-2-10-18-15/h2-7,10,14,17H,8-9,11,16H2,1H3. The molecule has 0 aliphatic heterocycles. The SMILES string of the molecule is Cc1ccc(CC(CCc2cccs2)NN)cc1. The maximum absolute atomic E-state index is 5.64. The van der Waals surface area contributed by atoms with Crippen LogP contribution >= 0.6 is 11.3 Å². The highest BCUT2D eigenvalue weighted by atomic mass is 32.1. The average molecular weight is 260 g/mol. The van der Waals surface area contributed by atoms with Crippen LogP contribution in [-0.4, -0.2) is 6.04 Å². The summed E-state index contributed by atoms with van der Waals surface area (Å²) in [4.78, 5) is 1.43. The van der Waals surface area contributed by atoms with Gasteiger partial charge in [0.05, 0.1) is 0 Å². The third-order valence-electron chi connectivity index (χ3n) is 3.16. The van der Waals surface area contributed by atoms with Crippen molar-refractivity contribution in [1.82, 2.24) is 5.43 Å². The van der Waals surface area contributed by atoms with Gasteiger partial charge in [0.1, 0.15) is 0 Å². The Balaban J connectivity index is 1.87. The van der Waals surface area contributed by atoms with E-state index >= 15 is 0 Å². The molecule has 0 spiro atoms. The fourth-order valence-electron chi connectivity index (χ4n) is 2.02. The lowest BCUT2D eigenvalue weighted by Gasteiger charge is -2.15. The van der Waals surface area contributed by atoms with E-state index in [9.17, 15) is 0 Å². The molecule has 0 bridgehead atoms. The second kappa shape index (κ2) is 6.69. The van der Waals surface area contributed by atoms with E-state index in [1.54, 1.807) is 0 Å². The highest BCUT2D eigenvalue weighted by Crippen LogP contribution is 2.14. The number of nitrogens with two attached hydrogens (primary N) is 1. The highest BCUT2D eigenvalue weighted by Gasteiger charge is 2.08. The predicted octanol–water partition coefficient (Wildman–Crippen LogP) is 3.06. The van der Waals surface area contributed by atoms with Crippen molar-refractivity contribution in [3.05, 3.63) is 57.8 Å². The monoisotopic (exact) mass is 260 g/mol. The van der Waals surface area contributed by atoms with Crippen LogP contribution in [0.4, 0.5) is 0 Å². The molecule has 3 heteroatoms. The van der Waals surface area contributed by atoms with Crippen molar-refractivity contribution >= 4 is 11.3 Å². The Hall–Kier alpha value is -1.16. The van der Waals surface area contributed by atoms with Crippen LogP contribution < -0.4 is 11.3 Å². The van der Waals surface area contributed by atoms with E-state index in [1.165, 1.54) is 16.0 Å². The normalized spacial score (nSPS) is 12.6. The minimum Gasteiger partial charge on any atom is -0.271 e. The number of thiophene rings is 1. The largest absolute Gasteiger partial charge is 0.271 e. The second-order valence-electron chi connectivity index (χ2n) is 4.67. The predicted molar refractivity (Wildman–Crippen MR) is 78.6 cm³/mol. The van der Waals surface area contributed by atoms with Gasteiger partial charge in [0.2, 0.25) is 0 Å². The molecule has 2 rings (SSSR count). The van der Waals surface area contributed by atoms with E-state index in [4.69, 9.17) is 5.84 Å². The fraction of sp³-hybridized carbons (Fsp3) is 0.333. The molecule has 0 fully saturated rings. The summed E-state index contributed by atoms with van der Waals surface area (Å²) in [5.74, 6) is 5.64. The summed E-state index contributed by atoms with van der Waals surface area (Å²) in [5, 5.41) is 2.13.